The van der Waals surface area contributed by atoms with E-state index in [1.807, 2.05) is 18.2 Å². The fraction of sp³-hybridized carbons (Fsp3) is 0.294. The largest absolute Gasteiger partial charge is 0.549 e. The number of ether oxygens (including phenoxy) is 1. The summed E-state index contributed by atoms with van der Waals surface area (Å²) >= 11 is 0. The Morgan fingerprint density at radius 1 is 1.27 bits per heavy atom. The quantitative estimate of drug-likeness (QED) is 0.873. The Bertz CT molecular complexity index is 608. The van der Waals surface area contributed by atoms with E-state index in [-0.39, 0.29) is 0 Å². The number of nitrogens with one attached hydrogen (secondary N) is 1. The van der Waals surface area contributed by atoms with Gasteiger partial charge in [-0.3, -0.25) is 4.79 Å². The second kappa shape index (κ2) is 6.47. The van der Waals surface area contributed by atoms with Crippen molar-refractivity contribution in [2.24, 2.45) is 5.92 Å². The average molecular weight is 300 g/mol. The van der Waals surface area contributed by atoms with E-state index in [2.05, 4.69) is 5.32 Å². The molecule has 1 aromatic carbocycles. The number of para-hydroxylation sites is 1. The third kappa shape index (κ3) is 3.55. The molecule has 0 fully saturated rings. The molecular formula is C17H18NO4-. The molecule has 1 aromatic rings. The maximum absolute atomic E-state index is 12.3. The first-order valence-electron chi connectivity index (χ1n) is 7.03. The summed E-state index contributed by atoms with van der Waals surface area (Å²) in [5.41, 5.74) is -1.04. The lowest BCUT2D eigenvalue weighted by Gasteiger charge is -2.37. The van der Waals surface area contributed by atoms with E-state index in [0.717, 1.165) is 0 Å². The number of carbonyl (C=O) groups is 2. The number of benzene rings is 1. The molecule has 3 unspecified atom stereocenters. The first-order chi connectivity index (χ1) is 10.4. The van der Waals surface area contributed by atoms with Crippen molar-refractivity contribution in [1.82, 2.24) is 5.32 Å². The fourth-order valence-electron chi connectivity index (χ4n) is 2.30. The van der Waals surface area contributed by atoms with Gasteiger partial charge in [0.25, 0.3) is 5.91 Å². The molecule has 1 aliphatic rings. The Balaban J connectivity index is 2.05. The highest BCUT2D eigenvalue weighted by Crippen LogP contribution is 2.24. The van der Waals surface area contributed by atoms with Crippen molar-refractivity contribution in [2.45, 2.75) is 25.5 Å². The minimum Gasteiger partial charge on any atom is -0.549 e. The van der Waals surface area contributed by atoms with Crippen LogP contribution in [0.3, 0.4) is 0 Å². The molecule has 3 atom stereocenters. The zero-order chi connectivity index (χ0) is 16.2. The van der Waals surface area contributed by atoms with E-state index in [0.29, 0.717) is 5.75 Å². The van der Waals surface area contributed by atoms with Crippen LogP contribution in [0.2, 0.25) is 0 Å². The molecule has 0 saturated carbocycles. The Labute approximate surface area is 129 Å². The molecule has 5 heteroatoms. The van der Waals surface area contributed by atoms with Crippen LogP contribution in [0.15, 0.2) is 54.6 Å². The van der Waals surface area contributed by atoms with Crippen LogP contribution in [0.4, 0.5) is 0 Å². The molecule has 2 rings (SSSR count). The van der Waals surface area contributed by atoms with Crippen molar-refractivity contribution >= 4 is 11.9 Å². The Morgan fingerprint density at radius 2 is 1.95 bits per heavy atom. The van der Waals surface area contributed by atoms with Gasteiger partial charge in [0.15, 0.2) is 6.10 Å². The summed E-state index contributed by atoms with van der Waals surface area (Å²) in [5.74, 6) is -1.98. The summed E-state index contributed by atoms with van der Waals surface area (Å²) in [6.07, 6.45) is 5.71. The SMILES string of the molecule is CC(Oc1ccccc1)C(=O)NC1(C)C=CC=CC1C(=O)[O-]. The van der Waals surface area contributed by atoms with E-state index >= 15 is 0 Å². The zero-order valence-corrected chi connectivity index (χ0v) is 12.5. The van der Waals surface area contributed by atoms with Gasteiger partial charge in [0.05, 0.1) is 11.5 Å². The summed E-state index contributed by atoms with van der Waals surface area (Å²) < 4.78 is 5.54. The van der Waals surface area contributed by atoms with Gasteiger partial charge in [-0.25, -0.2) is 0 Å². The van der Waals surface area contributed by atoms with Gasteiger partial charge in [-0.2, -0.15) is 0 Å². The monoisotopic (exact) mass is 300 g/mol. The molecule has 0 heterocycles. The van der Waals surface area contributed by atoms with Crippen LogP contribution in [0.25, 0.3) is 0 Å². The Kier molecular flexibility index (Phi) is 4.65. The molecule has 0 radical (unpaired) electrons. The van der Waals surface area contributed by atoms with Crippen LogP contribution in [-0.4, -0.2) is 23.5 Å². The number of hydrogen-bond acceptors (Lipinski definition) is 4. The van der Waals surface area contributed by atoms with Crippen LogP contribution < -0.4 is 15.2 Å². The molecule has 5 nitrogen and oxygen atoms in total. The van der Waals surface area contributed by atoms with Gasteiger partial charge >= 0.3 is 0 Å². The number of allylic oxidation sites excluding steroid dienone is 2. The molecule has 0 aromatic heterocycles. The minimum absolute atomic E-state index is 0.391. The lowest BCUT2D eigenvalue weighted by atomic mass is 9.82. The summed E-state index contributed by atoms with van der Waals surface area (Å²) in [7, 11) is 0. The molecule has 0 bridgehead atoms. The smallest absolute Gasteiger partial charge is 0.261 e. The predicted molar refractivity (Wildman–Crippen MR) is 79.9 cm³/mol. The van der Waals surface area contributed by atoms with Crippen molar-refractivity contribution in [1.29, 1.82) is 0 Å². The normalized spacial score (nSPS) is 24.5. The third-order valence-corrected chi connectivity index (χ3v) is 3.57. The lowest BCUT2D eigenvalue weighted by Crippen LogP contribution is -2.57. The van der Waals surface area contributed by atoms with Crippen LogP contribution in [0.1, 0.15) is 13.8 Å². The molecule has 1 N–H and O–H groups in total. The first kappa shape index (κ1) is 15.8. The number of amides is 1. The van der Waals surface area contributed by atoms with Gasteiger partial charge in [-0.05, 0) is 26.0 Å². The number of carboxylic acid groups (broad SMARTS) is 1. The third-order valence-electron chi connectivity index (χ3n) is 3.57. The van der Waals surface area contributed by atoms with Crippen molar-refractivity contribution in [3.05, 3.63) is 54.6 Å². The van der Waals surface area contributed by atoms with Crippen LogP contribution in [0.5, 0.6) is 5.75 Å². The topological polar surface area (TPSA) is 78.5 Å². The lowest BCUT2D eigenvalue weighted by molar-refractivity contribution is -0.311. The highest BCUT2D eigenvalue weighted by molar-refractivity contribution is 5.83. The summed E-state index contributed by atoms with van der Waals surface area (Å²) in [5, 5.41) is 14.0. The molecule has 0 spiro atoms. The van der Waals surface area contributed by atoms with Crippen molar-refractivity contribution in [3.8, 4) is 5.75 Å². The maximum atomic E-state index is 12.3. The molecule has 1 amide bonds. The standard InChI is InChI=1S/C17H19NO4/c1-12(22-13-8-4-3-5-9-13)15(19)18-17(2)11-7-6-10-14(17)16(20)21/h3-12,14H,1-2H3,(H,18,19)(H,20,21)/p-1. The first-order valence-corrected chi connectivity index (χ1v) is 7.03. The van der Waals surface area contributed by atoms with E-state index in [9.17, 15) is 14.7 Å². The van der Waals surface area contributed by atoms with Gasteiger partial charge in [0.1, 0.15) is 5.75 Å². The van der Waals surface area contributed by atoms with Crippen molar-refractivity contribution in [3.63, 3.8) is 0 Å². The summed E-state index contributed by atoms with van der Waals surface area (Å²) in [6.45, 7) is 3.25. The number of aliphatic carboxylic acids is 1. The van der Waals surface area contributed by atoms with Crippen LogP contribution in [-0.2, 0) is 9.59 Å². The fourth-order valence-corrected chi connectivity index (χ4v) is 2.30. The molecule has 116 valence electrons. The van der Waals surface area contributed by atoms with E-state index in [1.54, 1.807) is 44.2 Å². The molecular weight excluding hydrogens is 282 g/mol. The zero-order valence-electron chi connectivity index (χ0n) is 12.5. The van der Waals surface area contributed by atoms with Crippen molar-refractivity contribution in [2.75, 3.05) is 0 Å². The van der Waals surface area contributed by atoms with E-state index < -0.39 is 29.4 Å². The second-order valence-electron chi connectivity index (χ2n) is 5.39. The minimum atomic E-state index is -1.24. The molecule has 22 heavy (non-hydrogen) atoms. The molecule has 1 aliphatic carbocycles. The number of carboxylic acids is 1. The molecule has 0 aliphatic heterocycles. The van der Waals surface area contributed by atoms with Gasteiger partial charge in [-0.1, -0.05) is 42.5 Å². The maximum Gasteiger partial charge on any atom is 0.261 e. The van der Waals surface area contributed by atoms with Crippen LogP contribution in [0, 0.1) is 5.92 Å². The number of carbonyl (C=O) groups excluding carboxylic acids is 2. The average Bonchev–Trinajstić information content (AvgIpc) is 2.47. The highest BCUT2D eigenvalue weighted by Gasteiger charge is 2.35. The predicted octanol–water partition coefficient (Wildman–Crippen LogP) is 0.821. The molecule has 0 saturated heterocycles. The summed E-state index contributed by atoms with van der Waals surface area (Å²) in [4.78, 5) is 23.5. The van der Waals surface area contributed by atoms with Gasteiger partial charge in [0, 0.05) is 5.92 Å². The Hall–Kier alpha value is -2.56. The second-order valence-corrected chi connectivity index (χ2v) is 5.39. The van der Waals surface area contributed by atoms with Gasteiger partial charge in [-0.15, -0.1) is 0 Å². The van der Waals surface area contributed by atoms with Gasteiger partial charge in [0.2, 0.25) is 0 Å². The van der Waals surface area contributed by atoms with E-state index in [4.69, 9.17) is 4.74 Å². The van der Waals surface area contributed by atoms with Gasteiger partial charge < -0.3 is 20.0 Å². The van der Waals surface area contributed by atoms with E-state index in [1.165, 1.54) is 6.08 Å². The Morgan fingerprint density at radius 3 is 2.59 bits per heavy atom. The van der Waals surface area contributed by atoms with Crippen molar-refractivity contribution < 1.29 is 19.4 Å². The number of hydrogen-bond donors (Lipinski definition) is 1. The highest BCUT2D eigenvalue weighted by atomic mass is 16.5. The van der Waals surface area contributed by atoms with Crippen LogP contribution >= 0.6 is 0 Å². The number of rotatable bonds is 5. The summed E-state index contributed by atoms with van der Waals surface area (Å²) in [6, 6.07) is 8.96.